The summed E-state index contributed by atoms with van der Waals surface area (Å²) in [5.74, 6) is 0.580. The molecule has 12 heteroatoms. The Morgan fingerprint density at radius 3 is 1.36 bits per heavy atom. The summed E-state index contributed by atoms with van der Waals surface area (Å²) in [4.78, 5) is 0. The zero-order valence-corrected chi connectivity index (χ0v) is 19.7. The summed E-state index contributed by atoms with van der Waals surface area (Å²) in [5, 5.41) is 0. The van der Waals surface area contributed by atoms with Gasteiger partial charge in [-0.25, -0.2) is 0 Å². The van der Waals surface area contributed by atoms with Gasteiger partial charge < -0.3 is 22.6 Å². The number of hydrogen-bond donors (Lipinski definition) is 0. The fourth-order valence-electron chi connectivity index (χ4n) is 2.34. The van der Waals surface area contributed by atoms with E-state index < -0.39 is 23.0 Å². The van der Waals surface area contributed by atoms with Crippen molar-refractivity contribution < 1.29 is 27.1 Å². The van der Waals surface area contributed by atoms with Crippen LogP contribution in [0.25, 0.3) is 0 Å². The van der Waals surface area contributed by atoms with Gasteiger partial charge in [-0.1, -0.05) is 18.2 Å². The minimum Gasteiger partial charge on any atom is -0.422 e. The standard InChI is InChI=1S/C16H30N3O6P3/c1-6-20-26(21-7-2)17-27(22-8-3,23-9-4)19-28(18-26,24-10-5)25-16-14-12-11-13-15-16/h11-15H,6-10H2,1-5H3. The Bertz CT molecular complexity index is 752. The first-order valence-corrected chi connectivity index (χ1v) is 14.0. The van der Waals surface area contributed by atoms with Crippen LogP contribution in [0.1, 0.15) is 34.6 Å². The third-order valence-electron chi connectivity index (χ3n) is 3.13. The van der Waals surface area contributed by atoms with Gasteiger partial charge in [-0.2, -0.15) is 0 Å². The molecular formula is C16H30N3O6P3. The van der Waals surface area contributed by atoms with Gasteiger partial charge in [-0.05, 0) is 46.8 Å². The smallest absolute Gasteiger partial charge is 0.402 e. The lowest BCUT2D eigenvalue weighted by Gasteiger charge is -2.32. The van der Waals surface area contributed by atoms with Gasteiger partial charge in [0.25, 0.3) is 0 Å². The SMILES string of the molecule is CCOP1(OCC)=NP(OCC)(OCC)=NP(OCC)(Oc2ccccc2)=N1. The van der Waals surface area contributed by atoms with Crippen molar-refractivity contribution in [1.29, 1.82) is 0 Å². The third-order valence-corrected chi connectivity index (χ3v) is 12.0. The highest BCUT2D eigenvalue weighted by Gasteiger charge is 2.43. The predicted octanol–water partition coefficient (Wildman–Crippen LogP) is 7.10. The van der Waals surface area contributed by atoms with Gasteiger partial charge >= 0.3 is 23.0 Å². The Hall–Kier alpha value is -0.490. The highest BCUT2D eigenvalue weighted by atomic mass is 31.3. The van der Waals surface area contributed by atoms with Crippen LogP contribution < -0.4 is 4.52 Å². The number of benzene rings is 1. The minimum atomic E-state index is -3.22. The van der Waals surface area contributed by atoms with E-state index in [9.17, 15) is 0 Å². The number of rotatable bonds is 12. The van der Waals surface area contributed by atoms with Crippen molar-refractivity contribution in [1.82, 2.24) is 0 Å². The Morgan fingerprint density at radius 1 is 0.571 bits per heavy atom. The maximum absolute atomic E-state index is 6.21. The molecule has 1 atom stereocenters. The number of hydrogen-bond acceptors (Lipinski definition) is 9. The molecule has 9 nitrogen and oxygen atoms in total. The Morgan fingerprint density at radius 2 is 0.929 bits per heavy atom. The second-order valence-corrected chi connectivity index (χ2v) is 11.8. The van der Waals surface area contributed by atoms with E-state index in [-0.39, 0.29) is 0 Å². The Kier molecular flexibility index (Phi) is 9.39. The summed E-state index contributed by atoms with van der Waals surface area (Å²) in [6.45, 7) is 11.1. The van der Waals surface area contributed by atoms with Gasteiger partial charge in [-0.15, -0.1) is 13.5 Å². The van der Waals surface area contributed by atoms with Crippen LogP contribution in [-0.2, 0) is 22.6 Å². The van der Waals surface area contributed by atoms with Crippen LogP contribution in [0.5, 0.6) is 5.75 Å². The maximum Gasteiger partial charge on any atom is 0.402 e. The molecule has 0 spiro atoms. The first-order valence-electron chi connectivity index (χ1n) is 9.39. The normalized spacial score (nSPS) is 22.6. The molecule has 1 aromatic carbocycles. The first kappa shape index (κ1) is 23.8. The topological polar surface area (TPSA) is 92.5 Å². The molecule has 0 amide bonds. The molecule has 2 rings (SSSR count). The highest BCUT2D eigenvalue weighted by Crippen LogP contribution is 2.80. The molecule has 0 aliphatic carbocycles. The average Bonchev–Trinajstić information content (AvgIpc) is 2.63. The van der Waals surface area contributed by atoms with E-state index in [0.717, 1.165) is 0 Å². The lowest BCUT2D eigenvalue weighted by molar-refractivity contribution is 0.243. The zero-order chi connectivity index (χ0) is 20.5. The van der Waals surface area contributed by atoms with Crippen LogP contribution in [0, 0.1) is 0 Å². The van der Waals surface area contributed by atoms with Crippen molar-refractivity contribution in [3.8, 4) is 5.75 Å². The van der Waals surface area contributed by atoms with Crippen molar-refractivity contribution in [3.63, 3.8) is 0 Å². The molecule has 1 aliphatic rings. The van der Waals surface area contributed by atoms with E-state index in [0.29, 0.717) is 38.8 Å². The third kappa shape index (κ3) is 6.01. The summed E-state index contributed by atoms with van der Waals surface area (Å²) in [7, 11) is -9.43. The van der Waals surface area contributed by atoms with E-state index in [2.05, 4.69) is 0 Å². The number of nitrogens with zero attached hydrogens (tertiary/aromatic N) is 3. The van der Waals surface area contributed by atoms with Crippen molar-refractivity contribution in [2.45, 2.75) is 34.6 Å². The Balaban J connectivity index is 2.75. The number of para-hydroxylation sites is 1. The van der Waals surface area contributed by atoms with Gasteiger partial charge in [0, 0.05) is 0 Å². The van der Waals surface area contributed by atoms with Crippen molar-refractivity contribution in [2.75, 3.05) is 33.0 Å². The quantitative estimate of drug-likeness (QED) is 0.314. The van der Waals surface area contributed by atoms with Crippen LogP contribution in [-0.4, -0.2) is 33.0 Å². The molecule has 0 N–H and O–H groups in total. The molecule has 0 aromatic heterocycles. The Labute approximate surface area is 167 Å². The summed E-state index contributed by atoms with van der Waals surface area (Å²) < 4.78 is 50.1. The molecule has 1 heterocycles. The predicted molar refractivity (Wildman–Crippen MR) is 113 cm³/mol. The van der Waals surface area contributed by atoms with Crippen LogP contribution in [0.2, 0.25) is 0 Å². The van der Waals surface area contributed by atoms with Crippen LogP contribution in [0.3, 0.4) is 0 Å². The molecule has 0 bridgehead atoms. The van der Waals surface area contributed by atoms with Crippen LogP contribution >= 0.6 is 23.0 Å². The van der Waals surface area contributed by atoms with Crippen molar-refractivity contribution in [3.05, 3.63) is 30.3 Å². The van der Waals surface area contributed by atoms with E-state index in [1.807, 2.05) is 65.0 Å². The van der Waals surface area contributed by atoms with Crippen molar-refractivity contribution in [2.24, 2.45) is 13.5 Å². The first-order chi connectivity index (χ1) is 13.5. The van der Waals surface area contributed by atoms with Crippen LogP contribution in [0.15, 0.2) is 43.9 Å². The van der Waals surface area contributed by atoms with E-state index in [1.165, 1.54) is 0 Å². The van der Waals surface area contributed by atoms with E-state index in [4.69, 9.17) is 40.7 Å². The van der Waals surface area contributed by atoms with E-state index >= 15 is 0 Å². The molecule has 1 aromatic rings. The average molecular weight is 453 g/mol. The highest BCUT2D eigenvalue weighted by molar-refractivity contribution is 7.78. The van der Waals surface area contributed by atoms with Gasteiger partial charge in [0.05, 0.1) is 33.0 Å². The molecule has 160 valence electrons. The second-order valence-electron chi connectivity index (χ2n) is 5.23. The maximum atomic E-state index is 6.21. The van der Waals surface area contributed by atoms with Gasteiger partial charge in [0.1, 0.15) is 5.75 Å². The minimum absolute atomic E-state index is 0.337. The molecule has 1 aliphatic heterocycles. The zero-order valence-electron chi connectivity index (χ0n) is 17.1. The largest absolute Gasteiger partial charge is 0.422 e. The lowest BCUT2D eigenvalue weighted by atomic mass is 10.3. The molecule has 1 unspecified atom stereocenters. The fraction of sp³-hybridized carbons (Fsp3) is 0.625. The summed E-state index contributed by atoms with van der Waals surface area (Å²) in [6, 6.07) is 9.28. The monoisotopic (exact) mass is 453 g/mol. The molecule has 0 saturated heterocycles. The summed E-state index contributed by atoms with van der Waals surface area (Å²) >= 11 is 0. The van der Waals surface area contributed by atoms with Gasteiger partial charge in [0.2, 0.25) is 0 Å². The van der Waals surface area contributed by atoms with Crippen molar-refractivity contribution >= 4 is 23.0 Å². The molecule has 0 fully saturated rings. The molecule has 0 saturated carbocycles. The summed E-state index contributed by atoms with van der Waals surface area (Å²) in [5.41, 5.74) is 0. The molecule has 28 heavy (non-hydrogen) atoms. The summed E-state index contributed by atoms with van der Waals surface area (Å²) in [6.07, 6.45) is 0. The van der Waals surface area contributed by atoms with Crippen LogP contribution in [0.4, 0.5) is 0 Å². The lowest BCUT2D eigenvalue weighted by Crippen LogP contribution is -2.05. The van der Waals surface area contributed by atoms with E-state index in [1.54, 1.807) is 0 Å². The second kappa shape index (κ2) is 11.1. The molecule has 0 radical (unpaired) electrons. The molecular weight excluding hydrogens is 423 g/mol. The fourth-order valence-corrected chi connectivity index (χ4v) is 11.8. The van der Waals surface area contributed by atoms with Gasteiger partial charge in [0.15, 0.2) is 0 Å². The van der Waals surface area contributed by atoms with Gasteiger partial charge in [-0.3, -0.25) is 4.52 Å².